The van der Waals surface area contributed by atoms with Crippen LogP contribution in [0.4, 0.5) is 0 Å². The van der Waals surface area contributed by atoms with E-state index in [0.717, 1.165) is 17.9 Å². The van der Waals surface area contributed by atoms with Crippen LogP contribution in [0.15, 0.2) is 18.2 Å². The van der Waals surface area contributed by atoms with Crippen molar-refractivity contribution in [1.29, 1.82) is 0 Å². The molecule has 0 aliphatic carbocycles. The first-order valence-electron chi connectivity index (χ1n) is 7.63. The number of imidazole rings is 1. The van der Waals surface area contributed by atoms with Crippen LogP contribution >= 0.6 is 34.2 Å². The van der Waals surface area contributed by atoms with Crippen molar-refractivity contribution >= 4 is 45.2 Å². The average molecular weight is 418 g/mol. The zero-order valence-electron chi connectivity index (χ0n) is 12.4. The Bertz CT molecular complexity index is 619. The fraction of sp³-hybridized carbons (Fsp3) is 0.562. The van der Waals surface area contributed by atoms with Crippen molar-refractivity contribution in [2.75, 3.05) is 19.6 Å². The van der Waals surface area contributed by atoms with E-state index in [0.29, 0.717) is 11.9 Å². The van der Waals surface area contributed by atoms with Crippen molar-refractivity contribution < 1.29 is 0 Å². The number of rotatable bonds is 4. The molecule has 1 aliphatic heterocycles. The van der Waals surface area contributed by atoms with Gasteiger partial charge in [-0.15, -0.1) is 11.6 Å². The van der Waals surface area contributed by atoms with Crippen LogP contribution in [0.3, 0.4) is 0 Å². The van der Waals surface area contributed by atoms with Crippen molar-refractivity contribution in [3.8, 4) is 0 Å². The van der Waals surface area contributed by atoms with Crippen LogP contribution in [0, 0.1) is 3.57 Å². The average Bonchev–Trinajstić information content (AvgIpc) is 2.85. The normalized spacial score (nSPS) is 18.2. The van der Waals surface area contributed by atoms with Gasteiger partial charge in [0.25, 0.3) is 0 Å². The summed E-state index contributed by atoms with van der Waals surface area (Å²) in [4.78, 5) is 7.29. The summed E-state index contributed by atoms with van der Waals surface area (Å²) >= 11 is 8.46. The molecule has 1 aromatic heterocycles. The summed E-state index contributed by atoms with van der Waals surface area (Å²) < 4.78 is 3.54. The van der Waals surface area contributed by atoms with Gasteiger partial charge in [0.2, 0.25) is 0 Å². The number of hydrogen-bond acceptors (Lipinski definition) is 2. The second-order valence-electron chi connectivity index (χ2n) is 5.87. The lowest BCUT2D eigenvalue weighted by molar-refractivity contribution is 0.202. The van der Waals surface area contributed by atoms with Crippen LogP contribution in [0.2, 0.25) is 0 Å². The van der Waals surface area contributed by atoms with Crippen LogP contribution in [-0.4, -0.2) is 34.1 Å². The first kappa shape index (κ1) is 15.6. The van der Waals surface area contributed by atoms with E-state index in [2.05, 4.69) is 57.2 Å². The van der Waals surface area contributed by atoms with Crippen LogP contribution in [0.1, 0.15) is 38.1 Å². The van der Waals surface area contributed by atoms with Crippen LogP contribution in [-0.2, 0) is 5.88 Å². The van der Waals surface area contributed by atoms with Gasteiger partial charge in [0.05, 0.1) is 16.9 Å². The van der Waals surface area contributed by atoms with Gasteiger partial charge in [0.15, 0.2) is 0 Å². The monoisotopic (exact) mass is 417 g/mol. The van der Waals surface area contributed by atoms with Crippen molar-refractivity contribution in [3.63, 3.8) is 0 Å². The molecule has 1 fully saturated rings. The zero-order chi connectivity index (χ0) is 14.8. The summed E-state index contributed by atoms with van der Waals surface area (Å²) in [5, 5.41) is 0. The maximum Gasteiger partial charge on any atom is 0.125 e. The Kier molecular flexibility index (Phi) is 5.07. The highest BCUT2D eigenvalue weighted by Gasteiger charge is 2.19. The van der Waals surface area contributed by atoms with Gasteiger partial charge in [0, 0.05) is 16.2 Å². The van der Waals surface area contributed by atoms with E-state index in [1.54, 1.807) is 0 Å². The smallest absolute Gasteiger partial charge is 0.125 e. The lowest BCUT2D eigenvalue weighted by Gasteiger charge is -2.30. The van der Waals surface area contributed by atoms with Gasteiger partial charge >= 0.3 is 0 Å². The number of piperidine rings is 1. The molecule has 0 radical (unpaired) electrons. The number of benzene rings is 1. The number of halogens is 2. The molecule has 1 aliphatic rings. The summed E-state index contributed by atoms with van der Waals surface area (Å²) in [5.74, 6) is 1.45. The van der Waals surface area contributed by atoms with E-state index in [9.17, 15) is 0 Å². The molecular formula is C16H21ClIN3. The molecular weight excluding hydrogens is 397 g/mol. The minimum atomic E-state index is 0.405. The molecule has 0 bridgehead atoms. The highest BCUT2D eigenvalue weighted by molar-refractivity contribution is 14.1. The molecule has 0 spiro atoms. The molecule has 1 saturated heterocycles. The van der Waals surface area contributed by atoms with Crippen molar-refractivity contribution in [2.24, 2.45) is 0 Å². The predicted octanol–water partition coefficient (Wildman–Crippen LogP) is 4.43. The number of aromatic nitrogens is 2. The molecule has 114 valence electrons. The number of alkyl halides is 1. The number of fused-ring (bicyclic) bond motifs is 1. The molecule has 1 aromatic carbocycles. The van der Waals surface area contributed by atoms with Crippen molar-refractivity contribution in [3.05, 3.63) is 27.6 Å². The quantitative estimate of drug-likeness (QED) is 0.542. The Morgan fingerprint density at radius 1 is 1.29 bits per heavy atom. The van der Waals surface area contributed by atoms with E-state index in [4.69, 9.17) is 16.6 Å². The Balaban J connectivity index is 1.90. The van der Waals surface area contributed by atoms with E-state index in [1.807, 2.05) is 0 Å². The molecule has 0 N–H and O–H groups in total. The third-order valence-corrected chi connectivity index (χ3v) is 5.17. The van der Waals surface area contributed by atoms with E-state index in [-0.39, 0.29) is 0 Å². The Labute approximate surface area is 144 Å². The molecule has 0 saturated carbocycles. The maximum absolute atomic E-state index is 6.13. The minimum absolute atomic E-state index is 0.405. The van der Waals surface area contributed by atoms with Gasteiger partial charge in [-0.25, -0.2) is 4.98 Å². The second kappa shape index (κ2) is 6.84. The standard InChI is InChI=1S/C16H21ClIN3/c1-12(11-20-7-3-2-4-8-20)21-15-6-5-13(18)9-14(15)19-16(21)10-17/h5-6,9,12H,2-4,7-8,10-11H2,1H3. The fourth-order valence-corrected chi connectivity index (χ4v) is 3.97. The molecule has 3 rings (SSSR count). The largest absolute Gasteiger partial charge is 0.323 e. The summed E-state index contributed by atoms with van der Waals surface area (Å²) in [7, 11) is 0. The van der Waals surface area contributed by atoms with E-state index >= 15 is 0 Å². The zero-order valence-corrected chi connectivity index (χ0v) is 15.3. The van der Waals surface area contributed by atoms with E-state index in [1.165, 1.54) is 41.4 Å². The predicted molar refractivity (Wildman–Crippen MR) is 97.0 cm³/mol. The van der Waals surface area contributed by atoms with Gasteiger partial charge in [-0.1, -0.05) is 6.42 Å². The SMILES string of the molecule is CC(CN1CCCCC1)n1c(CCl)nc2cc(I)ccc21. The maximum atomic E-state index is 6.13. The lowest BCUT2D eigenvalue weighted by atomic mass is 10.1. The Morgan fingerprint density at radius 2 is 2.05 bits per heavy atom. The van der Waals surface area contributed by atoms with Gasteiger partial charge in [-0.3, -0.25) is 0 Å². The Hall–Kier alpha value is -0.330. The third-order valence-electron chi connectivity index (χ3n) is 4.26. The van der Waals surface area contributed by atoms with Crippen molar-refractivity contribution in [1.82, 2.24) is 14.5 Å². The van der Waals surface area contributed by atoms with Gasteiger partial charge in [-0.05, 0) is 73.6 Å². The molecule has 2 aromatic rings. The molecule has 2 heterocycles. The number of nitrogens with zero attached hydrogens (tertiary/aromatic N) is 3. The first-order chi connectivity index (χ1) is 10.2. The topological polar surface area (TPSA) is 21.1 Å². The highest BCUT2D eigenvalue weighted by atomic mass is 127. The fourth-order valence-electron chi connectivity index (χ4n) is 3.31. The molecule has 21 heavy (non-hydrogen) atoms. The summed E-state index contributed by atoms with van der Waals surface area (Å²) in [6, 6.07) is 6.86. The van der Waals surface area contributed by atoms with Gasteiger partial charge in [-0.2, -0.15) is 0 Å². The third kappa shape index (κ3) is 3.37. The molecule has 5 heteroatoms. The number of likely N-dealkylation sites (tertiary alicyclic amines) is 1. The van der Waals surface area contributed by atoms with Crippen LogP contribution in [0.5, 0.6) is 0 Å². The molecule has 1 atom stereocenters. The van der Waals surface area contributed by atoms with Gasteiger partial charge < -0.3 is 9.47 Å². The highest BCUT2D eigenvalue weighted by Crippen LogP contribution is 2.25. The summed E-state index contributed by atoms with van der Waals surface area (Å²) in [6.45, 7) is 5.82. The summed E-state index contributed by atoms with van der Waals surface area (Å²) in [6.07, 6.45) is 4.04. The molecule has 1 unspecified atom stereocenters. The lowest BCUT2D eigenvalue weighted by Crippen LogP contribution is -2.34. The summed E-state index contributed by atoms with van der Waals surface area (Å²) in [5.41, 5.74) is 2.26. The van der Waals surface area contributed by atoms with Crippen molar-refractivity contribution in [2.45, 2.75) is 38.1 Å². The van der Waals surface area contributed by atoms with Crippen LogP contribution < -0.4 is 0 Å². The minimum Gasteiger partial charge on any atom is -0.323 e. The molecule has 0 amide bonds. The van der Waals surface area contributed by atoms with Crippen LogP contribution in [0.25, 0.3) is 11.0 Å². The molecule has 3 nitrogen and oxygen atoms in total. The first-order valence-corrected chi connectivity index (χ1v) is 9.25. The van der Waals surface area contributed by atoms with Gasteiger partial charge in [0.1, 0.15) is 5.82 Å². The Morgan fingerprint density at radius 3 is 2.76 bits per heavy atom. The second-order valence-corrected chi connectivity index (χ2v) is 7.39. The van der Waals surface area contributed by atoms with E-state index < -0.39 is 0 Å². The number of hydrogen-bond donors (Lipinski definition) is 0.